The molecular formula is C21H26N4O2. The molecule has 142 valence electrons. The minimum atomic E-state index is -0.0455. The topological polar surface area (TPSA) is 78.7 Å². The molecule has 0 bridgehead atoms. The Balaban J connectivity index is 1.89. The largest absolute Gasteiger partial charge is 0.497 e. The third kappa shape index (κ3) is 6.90. The molecule has 0 aliphatic heterocycles. The van der Waals surface area contributed by atoms with Crippen molar-refractivity contribution in [3.8, 4) is 17.6 Å². The summed E-state index contributed by atoms with van der Waals surface area (Å²) in [5, 5.41) is 15.4. The highest BCUT2D eigenvalue weighted by Crippen LogP contribution is 2.19. The highest BCUT2D eigenvalue weighted by Gasteiger charge is 2.06. The SMILES string of the molecule is CCNC(=NCc1ccc(C#N)cc1)NCC(C)Oc1cccc(OC)c1. The number of guanidine groups is 1. The van der Waals surface area contributed by atoms with Gasteiger partial charge in [-0.25, -0.2) is 4.99 Å². The van der Waals surface area contributed by atoms with Crippen LogP contribution < -0.4 is 20.1 Å². The van der Waals surface area contributed by atoms with Crippen molar-refractivity contribution in [2.24, 2.45) is 4.99 Å². The normalized spacial score (nSPS) is 12.0. The highest BCUT2D eigenvalue weighted by molar-refractivity contribution is 5.79. The lowest BCUT2D eigenvalue weighted by Crippen LogP contribution is -2.41. The van der Waals surface area contributed by atoms with Gasteiger partial charge in [0, 0.05) is 12.6 Å². The Hall–Kier alpha value is -3.20. The molecule has 6 heteroatoms. The van der Waals surface area contributed by atoms with Gasteiger partial charge < -0.3 is 20.1 Å². The van der Waals surface area contributed by atoms with Crippen LogP contribution in [0.5, 0.6) is 11.5 Å². The molecule has 2 rings (SSSR count). The minimum Gasteiger partial charge on any atom is -0.497 e. The Kier molecular flexibility index (Phi) is 7.98. The number of nitrogens with one attached hydrogen (secondary N) is 2. The molecule has 0 radical (unpaired) electrons. The Labute approximate surface area is 160 Å². The van der Waals surface area contributed by atoms with Crippen LogP contribution in [0.1, 0.15) is 25.0 Å². The number of rotatable bonds is 8. The van der Waals surface area contributed by atoms with Gasteiger partial charge in [-0.2, -0.15) is 5.26 Å². The summed E-state index contributed by atoms with van der Waals surface area (Å²) in [6, 6.07) is 17.1. The molecule has 6 nitrogen and oxygen atoms in total. The van der Waals surface area contributed by atoms with Crippen LogP contribution in [0.2, 0.25) is 0 Å². The van der Waals surface area contributed by atoms with E-state index in [1.807, 2.05) is 50.2 Å². The Morgan fingerprint density at radius 2 is 1.89 bits per heavy atom. The Morgan fingerprint density at radius 3 is 2.56 bits per heavy atom. The molecule has 0 aromatic heterocycles. The third-order valence-electron chi connectivity index (χ3n) is 3.78. The molecule has 0 aliphatic rings. The van der Waals surface area contributed by atoms with Crippen LogP contribution in [0.4, 0.5) is 0 Å². The maximum absolute atomic E-state index is 8.86. The summed E-state index contributed by atoms with van der Waals surface area (Å²) in [5.74, 6) is 2.26. The van der Waals surface area contributed by atoms with Gasteiger partial charge in [-0.05, 0) is 43.7 Å². The quantitative estimate of drug-likeness (QED) is 0.554. The first kappa shape index (κ1) is 20.1. The first-order valence-corrected chi connectivity index (χ1v) is 8.96. The van der Waals surface area contributed by atoms with E-state index in [4.69, 9.17) is 14.7 Å². The first-order valence-electron chi connectivity index (χ1n) is 8.96. The molecule has 1 unspecified atom stereocenters. The molecular weight excluding hydrogens is 340 g/mol. The van der Waals surface area contributed by atoms with E-state index in [9.17, 15) is 0 Å². The van der Waals surface area contributed by atoms with Gasteiger partial charge in [0.15, 0.2) is 5.96 Å². The number of benzene rings is 2. The van der Waals surface area contributed by atoms with Crippen molar-refractivity contribution in [1.29, 1.82) is 5.26 Å². The fourth-order valence-corrected chi connectivity index (χ4v) is 2.39. The fraction of sp³-hybridized carbons (Fsp3) is 0.333. The standard InChI is InChI=1S/C21H26N4O2/c1-4-23-21(25-15-18-10-8-17(13-22)9-11-18)24-14-16(2)27-20-7-5-6-19(12-20)26-3/h5-12,16H,4,14-15H2,1-3H3,(H2,23,24,25). The summed E-state index contributed by atoms with van der Waals surface area (Å²) in [4.78, 5) is 4.58. The predicted octanol–water partition coefficient (Wildman–Crippen LogP) is 3.09. The van der Waals surface area contributed by atoms with Crippen LogP contribution in [0, 0.1) is 11.3 Å². The van der Waals surface area contributed by atoms with Gasteiger partial charge in [0.2, 0.25) is 0 Å². The van der Waals surface area contributed by atoms with Crippen molar-refractivity contribution in [3.05, 3.63) is 59.7 Å². The van der Waals surface area contributed by atoms with Crippen molar-refractivity contribution in [3.63, 3.8) is 0 Å². The Bertz CT molecular complexity index is 782. The smallest absolute Gasteiger partial charge is 0.191 e. The zero-order chi connectivity index (χ0) is 19.5. The molecule has 0 saturated carbocycles. The van der Waals surface area contributed by atoms with E-state index in [1.54, 1.807) is 19.2 Å². The molecule has 1 atom stereocenters. The zero-order valence-corrected chi connectivity index (χ0v) is 16.0. The fourth-order valence-electron chi connectivity index (χ4n) is 2.39. The number of aliphatic imine (C=N–C) groups is 1. The molecule has 2 N–H and O–H groups in total. The zero-order valence-electron chi connectivity index (χ0n) is 16.0. The summed E-state index contributed by atoms with van der Waals surface area (Å²) in [6.07, 6.45) is -0.0455. The van der Waals surface area contributed by atoms with Crippen LogP contribution in [-0.4, -0.2) is 32.3 Å². The van der Waals surface area contributed by atoms with E-state index in [1.165, 1.54) is 0 Å². The lowest BCUT2D eigenvalue weighted by atomic mass is 10.1. The van der Waals surface area contributed by atoms with E-state index < -0.39 is 0 Å². The molecule has 0 saturated heterocycles. The number of methoxy groups -OCH3 is 1. The van der Waals surface area contributed by atoms with Crippen molar-refractivity contribution in [2.75, 3.05) is 20.2 Å². The molecule has 0 fully saturated rings. The highest BCUT2D eigenvalue weighted by atomic mass is 16.5. The second-order valence-corrected chi connectivity index (χ2v) is 5.99. The van der Waals surface area contributed by atoms with Crippen LogP contribution in [0.15, 0.2) is 53.5 Å². The summed E-state index contributed by atoms with van der Waals surface area (Å²) in [7, 11) is 1.64. The molecule has 27 heavy (non-hydrogen) atoms. The number of nitrogens with zero attached hydrogens (tertiary/aromatic N) is 2. The van der Waals surface area contributed by atoms with E-state index >= 15 is 0 Å². The predicted molar refractivity (Wildman–Crippen MR) is 107 cm³/mol. The lowest BCUT2D eigenvalue weighted by Gasteiger charge is -2.18. The van der Waals surface area contributed by atoms with Crippen molar-refractivity contribution >= 4 is 5.96 Å². The number of hydrogen-bond acceptors (Lipinski definition) is 4. The van der Waals surface area contributed by atoms with Gasteiger partial charge in [-0.1, -0.05) is 18.2 Å². The number of ether oxygens (including phenoxy) is 2. The van der Waals surface area contributed by atoms with Gasteiger partial charge in [-0.3, -0.25) is 0 Å². The molecule has 2 aromatic carbocycles. The van der Waals surface area contributed by atoms with E-state index in [-0.39, 0.29) is 6.10 Å². The summed E-state index contributed by atoms with van der Waals surface area (Å²) in [6.45, 7) is 5.93. The maximum Gasteiger partial charge on any atom is 0.191 e. The van der Waals surface area contributed by atoms with Crippen LogP contribution >= 0.6 is 0 Å². The van der Waals surface area contributed by atoms with Crippen molar-refractivity contribution < 1.29 is 9.47 Å². The molecule has 0 spiro atoms. The second kappa shape index (κ2) is 10.7. The summed E-state index contributed by atoms with van der Waals surface area (Å²) >= 11 is 0. The van der Waals surface area contributed by atoms with Crippen LogP contribution in [-0.2, 0) is 6.54 Å². The van der Waals surface area contributed by atoms with Gasteiger partial charge in [-0.15, -0.1) is 0 Å². The molecule has 2 aromatic rings. The van der Waals surface area contributed by atoms with Crippen molar-refractivity contribution in [2.45, 2.75) is 26.5 Å². The number of hydrogen-bond donors (Lipinski definition) is 2. The maximum atomic E-state index is 8.86. The van der Waals surface area contributed by atoms with Crippen LogP contribution in [0.25, 0.3) is 0 Å². The van der Waals surface area contributed by atoms with Crippen LogP contribution in [0.3, 0.4) is 0 Å². The van der Waals surface area contributed by atoms with E-state index in [0.717, 1.165) is 29.6 Å². The Morgan fingerprint density at radius 1 is 1.15 bits per heavy atom. The average Bonchev–Trinajstić information content (AvgIpc) is 2.70. The second-order valence-electron chi connectivity index (χ2n) is 5.99. The summed E-state index contributed by atoms with van der Waals surface area (Å²) < 4.78 is 11.1. The first-order chi connectivity index (χ1) is 13.1. The van der Waals surface area contributed by atoms with E-state index in [0.29, 0.717) is 18.7 Å². The van der Waals surface area contributed by atoms with Gasteiger partial charge >= 0.3 is 0 Å². The van der Waals surface area contributed by atoms with E-state index in [2.05, 4.69) is 21.7 Å². The monoisotopic (exact) mass is 366 g/mol. The molecule has 0 amide bonds. The van der Waals surface area contributed by atoms with Gasteiger partial charge in [0.05, 0.1) is 31.8 Å². The minimum absolute atomic E-state index is 0.0455. The van der Waals surface area contributed by atoms with Gasteiger partial charge in [0.25, 0.3) is 0 Å². The number of nitriles is 1. The van der Waals surface area contributed by atoms with Gasteiger partial charge in [0.1, 0.15) is 17.6 Å². The lowest BCUT2D eigenvalue weighted by molar-refractivity contribution is 0.223. The average molecular weight is 366 g/mol. The summed E-state index contributed by atoms with van der Waals surface area (Å²) in [5.41, 5.74) is 1.70. The third-order valence-corrected chi connectivity index (χ3v) is 3.78. The molecule has 0 heterocycles. The van der Waals surface area contributed by atoms with Crippen molar-refractivity contribution in [1.82, 2.24) is 10.6 Å². The molecule has 0 aliphatic carbocycles.